The molecule has 1 aromatic carbocycles. The van der Waals surface area contributed by atoms with Crippen LogP contribution in [0.15, 0.2) is 41.1 Å². The fourth-order valence-corrected chi connectivity index (χ4v) is 2.00. The Bertz CT molecular complexity index is 585. The van der Waals surface area contributed by atoms with Crippen LogP contribution < -0.4 is 11.1 Å². The molecule has 1 heterocycles. The summed E-state index contributed by atoms with van der Waals surface area (Å²) in [4.78, 5) is 19.7. The van der Waals surface area contributed by atoms with Crippen LogP contribution in [-0.2, 0) is 0 Å². The third-order valence-corrected chi connectivity index (χ3v) is 3.09. The average Bonchev–Trinajstić information content (AvgIpc) is 2.39. The highest BCUT2D eigenvalue weighted by atomic mass is 79.9. The SMILES string of the molecule is CC(NC(=O)c1cnc(N)cn1)c1cccc(Br)c1. The lowest BCUT2D eigenvalue weighted by atomic mass is 10.1. The predicted octanol–water partition coefficient (Wildman–Crippen LogP) is 2.31. The Labute approximate surface area is 119 Å². The average molecular weight is 321 g/mol. The number of nitrogens with zero attached hydrogens (tertiary/aromatic N) is 2. The molecule has 0 aliphatic heterocycles. The number of carbonyl (C=O) groups excluding carboxylic acids is 1. The second-order valence-electron chi connectivity index (χ2n) is 4.08. The van der Waals surface area contributed by atoms with Crippen molar-refractivity contribution in [3.05, 3.63) is 52.4 Å². The maximum absolute atomic E-state index is 12.0. The van der Waals surface area contributed by atoms with Crippen LogP contribution in [0.3, 0.4) is 0 Å². The second kappa shape index (κ2) is 5.79. The van der Waals surface area contributed by atoms with Crippen LogP contribution in [0, 0.1) is 0 Å². The molecule has 1 aromatic heterocycles. The van der Waals surface area contributed by atoms with Crippen LogP contribution >= 0.6 is 15.9 Å². The third-order valence-electron chi connectivity index (χ3n) is 2.60. The second-order valence-corrected chi connectivity index (χ2v) is 4.99. The van der Waals surface area contributed by atoms with Gasteiger partial charge < -0.3 is 11.1 Å². The fourth-order valence-electron chi connectivity index (χ4n) is 1.59. The molecule has 0 aliphatic rings. The van der Waals surface area contributed by atoms with Crippen molar-refractivity contribution in [1.82, 2.24) is 15.3 Å². The Hall–Kier alpha value is -1.95. The molecule has 0 bridgehead atoms. The van der Waals surface area contributed by atoms with Gasteiger partial charge in [-0.2, -0.15) is 0 Å². The van der Waals surface area contributed by atoms with E-state index >= 15 is 0 Å². The summed E-state index contributed by atoms with van der Waals surface area (Å²) < 4.78 is 0.971. The molecule has 0 spiro atoms. The first-order valence-corrected chi connectivity index (χ1v) is 6.49. The molecule has 0 saturated carbocycles. The van der Waals surface area contributed by atoms with Gasteiger partial charge in [-0.25, -0.2) is 9.97 Å². The largest absolute Gasteiger partial charge is 0.382 e. The summed E-state index contributed by atoms with van der Waals surface area (Å²) >= 11 is 3.40. The first kappa shape index (κ1) is 13.5. The molecule has 3 N–H and O–H groups in total. The Kier molecular flexibility index (Phi) is 4.11. The number of rotatable bonds is 3. The molecule has 1 amide bonds. The zero-order valence-corrected chi connectivity index (χ0v) is 11.9. The number of nitrogens with two attached hydrogens (primary N) is 1. The first-order chi connectivity index (χ1) is 9.06. The van der Waals surface area contributed by atoms with Crippen molar-refractivity contribution < 1.29 is 4.79 Å². The molecule has 6 heteroatoms. The molecule has 19 heavy (non-hydrogen) atoms. The van der Waals surface area contributed by atoms with Gasteiger partial charge in [-0.1, -0.05) is 28.1 Å². The number of amides is 1. The fraction of sp³-hybridized carbons (Fsp3) is 0.154. The molecule has 98 valence electrons. The van der Waals surface area contributed by atoms with Crippen molar-refractivity contribution in [2.75, 3.05) is 5.73 Å². The lowest BCUT2D eigenvalue weighted by Crippen LogP contribution is -2.27. The van der Waals surface area contributed by atoms with Crippen molar-refractivity contribution in [3.63, 3.8) is 0 Å². The van der Waals surface area contributed by atoms with E-state index in [1.165, 1.54) is 12.4 Å². The molecule has 5 nitrogen and oxygen atoms in total. The van der Waals surface area contributed by atoms with Gasteiger partial charge in [0, 0.05) is 4.47 Å². The highest BCUT2D eigenvalue weighted by Gasteiger charge is 2.12. The molecule has 0 radical (unpaired) electrons. The number of hydrogen-bond donors (Lipinski definition) is 2. The maximum Gasteiger partial charge on any atom is 0.271 e. The van der Waals surface area contributed by atoms with E-state index in [1.54, 1.807) is 0 Å². The summed E-state index contributed by atoms with van der Waals surface area (Å²) in [6, 6.07) is 7.64. The van der Waals surface area contributed by atoms with Crippen LogP contribution in [0.1, 0.15) is 29.0 Å². The molecule has 1 atom stereocenters. The molecular formula is C13H13BrN4O. The third kappa shape index (κ3) is 3.51. The van der Waals surface area contributed by atoms with Crippen LogP contribution in [0.2, 0.25) is 0 Å². The Morgan fingerprint density at radius 1 is 1.37 bits per heavy atom. The molecule has 0 aliphatic carbocycles. The van der Waals surface area contributed by atoms with E-state index in [0.717, 1.165) is 10.0 Å². The van der Waals surface area contributed by atoms with Gasteiger partial charge in [0.2, 0.25) is 0 Å². The molecular weight excluding hydrogens is 308 g/mol. The van der Waals surface area contributed by atoms with Crippen molar-refractivity contribution >= 4 is 27.7 Å². The number of carbonyl (C=O) groups is 1. The minimum Gasteiger partial charge on any atom is -0.382 e. The zero-order valence-electron chi connectivity index (χ0n) is 10.3. The van der Waals surface area contributed by atoms with E-state index in [9.17, 15) is 4.79 Å². The van der Waals surface area contributed by atoms with Gasteiger partial charge in [0.15, 0.2) is 0 Å². The Balaban J connectivity index is 2.08. The molecule has 0 fully saturated rings. The summed E-state index contributed by atoms with van der Waals surface area (Å²) in [5.74, 6) is 0.0107. The Morgan fingerprint density at radius 2 is 2.16 bits per heavy atom. The van der Waals surface area contributed by atoms with Crippen LogP contribution in [0.5, 0.6) is 0 Å². The van der Waals surface area contributed by atoms with Gasteiger partial charge >= 0.3 is 0 Å². The number of aromatic nitrogens is 2. The predicted molar refractivity (Wildman–Crippen MR) is 76.5 cm³/mol. The normalized spacial score (nSPS) is 11.9. The van der Waals surface area contributed by atoms with E-state index in [0.29, 0.717) is 0 Å². The molecule has 0 saturated heterocycles. The smallest absolute Gasteiger partial charge is 0.271 e. The van der Waals surface area contributed by atoms with Gasteiger partial charge in [-0.3, -0.25) is 4.79 Å². The monoisotopic (exact) mass is 320 g/mol. The summed E-state index contributed by atoms with van der Waals surface area (Å²) in [7, 11) is 0. The van der Waals surface area contributed by atoms with E-state index in [4.69, 9.17) is 5.73 Å². The zero-order chi connectivity index (χ0) is 13.8. The highest BCUT2D eigenvalue weighted by Crippen LogP contribution is 2.18. The highest BCUT2D eigenvalue weighted by molar-refractivity contribution is 9.10. The van der Waals surface area contributed by atoms with Crippen molar-refractivity contribution in [3.8, 4) is 0 Å². The summed E-state index contributed by atoms with van der Waals surface area (Å²) in [6.45, 7) is 1.91. The van der Waals surface area contributed by atoms with E-state index in [1.807, 2.05) is 31.2 Å². The molecule has 2 aromatic rings. The number of halogens is 1. The minimum absolute atomic E-state index is 0.121. The lowest BCUT2D eigenvalue weighted by Gasteiger charge is -2.14. The van der Waals surface area contributed by atoms with E-state index in [-0.39, 0.29) is 23.5 Å². The van der Waals surface area contributed by atoms with Crippen molar-refractivity contribution in [2.45, 2.75) is 13.0 Å². The lowest BCUT2D eigenvalue weighted by molar-refractivity contribution is 0.0934. The molecule has 1 unspecified atom stereocenters. The van der Waals surface area contributed by atoms with Crippen molar-refractivity contribution in [2.24, 2.45) is 0 Å². The van der Waals surface area contributed by atoms with Gasteiger partial charge in [-0.15, -0.1) is 0 Å². The topological polar surface area (TPSA) is 80.9 Å². The van der Waals surface area contributed by atoms with Gasteiger partial charge in [0.05, 0.1) is 18.4 Å². The summed E-state index contributed by atoms with van der Waals surface area (Å²) in [6.07, 6.45) is 2.72. The Morgan fingerprint density at radius 3 is 2.79 bits per heavy atom. The quantitative estimate of drug-likeness (QED) is 0.909. The summed E-state index contributed by atoms with van der Waals surface area (Å²) in [5, 5.41) is 2.86. The molecule has 2 rings (SSSR count). The number of anilines is 1. The number of hydrogen-bond acceptors (Lipinski definition) is 4. The first-order valence-electron chi connectivity index (χ1n) is 5.70. The van der Waals surface area contributed by atoms with Crippen molar-refractivity contribution in [1.29, 1.82) is 0 Å². The number of nitrogens with one attached hydrogen (secondary N) is 1. The van der Waals surface area contributed by atoms with E-state index < -0.39 is 0 Å². The number of nitrogen functional groups attached to an aromatic ring is 1. The number of benzene rings is 1. The van der Waals surface area contributed by atoms with Gasteiger partial charge in [-0.05, 0) is 24.6 Å². The van der Waals surface area contributed by atoms with Crippen LogP contribution in [-0.4, -0.2) is 15.9 Å². The van der Waals surface area contributed by atoms with Gasteiger partial charge in [0.1, 0.15) is 11.5 Å². The maximum atomic E-state index is 12.0. The summed E-state index contributed by atoms with van der Waals surface area (Å²) in [5.41, 5.74) is 6.68. The van der Waals surface area contributed by atoms with Crippen LogP contribution in [0.4, 0.5) is 5.82 Å². The van der Waals surface area contributed by atoms with Gasteiger partial charge in [0.25, 0.3) is 5.91 Å². The van der Waals surface area contributed by atoms with E-state index in [2.05, 4.69) is 31.2 Å². The van der Waals surface area contributed by atoms with Crippen LogP contribution in [0.25, 0.3) is 0 Å². The minimum atomic E-state index is -0.278. The standard InChI is InChI=1S/C13H13BrN4O/c1-8(9-3-2-4-10(14)5-9)18-13(19)11-6-17-12(15)7-16-11/h2-8H,1H3,(H2,15,17)(H,18,19).